The molecule has 0 aromatic carbocycles. The Labute approximate surface area is 143 Å². The van der Waals surface area contributed by atoms with Crippen LogP contribution in [0.4, 0.5) is 0 Å². The number of nitrogens with zero attached hydrogens (tertiary/aromatic N) is 1. The predicted octanol–water partition coefficient (Wildman–Crippen LogP) is 3.21. The van der Waals surface area contributed by atoms with Gasteiger partial charge >= 0.3 is 0 Å². The van der Waals surface area contributed by atoms with Gasteiger partial charge < -0.3 is 10.6 Å². The smallest absolute Gasteiger partial charge is 0.253 e. The number of carbonyl (C=O) groups is 2. The summed E-state index contributed by atoms with van der Waals surface area (Å²) in [6.07, 6.45) is 14.4. The van der Waals surface area contributed by atoms with Gasteiger partial charge in [0, 0.05) is 24.5 Å². The lowest BCUT2D eigenvalue weighted by Crippen LogP contribution is -2.37. The second-order valence-corrected chi connectivity index (χ2v) is 7.08. The molecular formula is C19H27N3O2. The monoisotopic (exact) mass is 329 g/mol. The van der Waals surface area contributed by atoms with E-state index >= 15 is 0 Å². The zero-order chi connectivity index (χ0) is 16.8. The summed E-state index contributed by atoms with van der Waals surface area (Å²) in [5.41, 5.74) is 0.939. The minimum Gasteiger partial charge on any atom is -0.349 e. The average molecular weight is 329 g/mol. The zero-order valence-corrected chi connectivity index (χ0v) is 14.2. The van der Waals surface area contributed by atoms with E-state index in [1.165, 1.54) is 50.9 Å². The molecular weight excluding hydrogens is 302 g/mol. The highest BCUT2D eigenvalue weighted by molar-refractivity contribution is 5.99. The molecule has 2 aliphatic rings. The Hall–Kier alpha value is -1.91. The van der Waals surface area contributed by atoms with Gasteiger partial charge in [0.1, 0.15) is 0 Å². The molecule has 0 bridgehead atoms. The van der Waals surface area contributed by atoms with Gasteiger partial charge in [0.25, 0.3) is 11.8 Å². The summed E-state index contributed by atoms with van der Waals surface area (Å²) in [6, 6.07) is 2.17. The molecule has 0 radical (unpaired) electrons. The first-order valence-corrected chi connectivity index (χ1v) is 9.29. The molecule has 0 aliphatic heterocycles. The zero-order valence-electron chi connectivity index (χ0n) is 14.2. The molecule has 0 atom stereocenters. The van der Waals surface area contributed by atoms with E-state index in [1.807, 2.05) is 0 Å². The van der Waals surface area contributed by atoms with E-state index in [0.717, 1.165) is 25.7 Å². The Morgan fingerprint density at radius 2 is 1.17 bits per heavy atom. The van der Waals surface area contributed by atoms with Crippen molar-refractivity contribution in [3.05, 3.63) is 29.6 Å². The number of rotatable bonds is 4. The molecule has 5 nitrogen and oxygen atoms in total. The Kier molecular flexibility index (Phi) is 5.83. The maximum atomic E-state index is 12.4. The summed E-state index contributed by atoms with van der Waals surface area (Å²) in [5, 5.41) is 6.14. The van der Waals surface area contributed by atoms with Crippen molar-refractivity contribution in [2.75, 3.05) is 0 Å². The van der Waals surface area contributed by atoms with Crippen LogP contribution in [0, 0.1) is 0 Å². The van der Waals surface area contributed by atoms with Crippen LogP contribution in [-0.2, 0) is 0 Å². The minimum atomic E-state index is -0.123. The third-order valence-electron chi connectivity index (χ3n) is 5.14. The summed E-state index contributed by atoms with van der Waals surface area (Å²) < 4.78 is 0. The van der Waals surface area contributed by atoms with E-state index in [0.29, 0.717) is 11.1 Å². The van der Waals surface area contributed by atoms with Crippen molar-refractivity contribution in [2.24, 2.45) is 0 Å². The highest BCUT2D eigenvalue weighted by Crippen LogP contribution is 2.19. The SMILES string of the molecule is O=C(NC1CCCCC1)c1cncc(C(=O)NC2CCCCC2)c1. The van der Waals surface area contributed by atoms with Gasteiger partial charge in [-0.05, 0) is 31.7 Å². The summed E-state index contributed by atoms with van der Waals surface area (Å²) in [4.78, 5) is 28.9. The van der Waals surface area contributed by atoms with Crippen LogP contribution >= 0.6 is 0 Å². The van der Waals surface area contributed by atoms with E-state index in [2.05, 4.69) is 15.6 Å². The number of nitrogens with one attached hydrogen (secondary N) is 2. The van der Waals surface area contributed by atoms with Crippen molar-refractivity contribution in [3.63, 3.8) is 0 Å². The summed E-state index contributed by atoms with van der Waals surface area (Å²) in [6.45, 7) is 0. The molecule has 0 saturated heterocycles. The summed E-state index contributed by atoms with van der Waals surface area (Å²) >= 11 is 0. The van der Waals surface area contributed by atoms with Crippen LogP contribution in [0.5, 0.6) is 0 Å². The van der Waals surface area contributed by atoms with Crippen molar-refractivity contribution in [1.29, 1.82) is 0 Å². The number of aromatic nitrogens is 1. The molecule has 2 N–H and O–H groups in total. The van der Waals surface area contributed by atoms with Crippen LogP contribution < -0.4 is 10.6 Å². The van der Waals surface area contributed by atoms with Gasteiger partial charge in [0.2, 0.25) is 0 Å². The fourth-order valence-corrected chi connectivity index (χ4v) is 3.72. The third kappa shape index (κ3) is 4.56. The third-order valence-corrected chi connectivity index (χ3v) is 5.14. The highest BCUT2D eigenvalue weighted by Gasteiger charge is 2.20. The Morgan fingerprint density at radius 3 is 1.58 bits per heavy atom. The van der Waals surface area contributed by atoms with Crippen molar-refractivity contribution >= 4 is 11.8 Å². The van der Waals surface area contributed by atoms with Gasteiger partial charge in [0.15, 0.2) is 0 Å². The predicted molar refractivity (Wildman–Crippen MR) is 92.9 cm³/mol. The fraction of sp³-hybridized carbons (Fsp3) is 0.632. The van der Waals surface area contributed by atoms with Crippen molar-refractivity contribution < 1.29 is 9.59 Å². The standard InChI is InChI=1S/C19H27N3O2/c23-18(21-16-7-3-1-4-8-16)14-11-15(13-20-12-14)19(24)22-17-9-5-2-6-10-17/h11-13,16-17H,1-10H2,(H,21,23)(H,22,24). The van der Waals surface area contributed by atoms with E-state index in [-0.39, 0.29) is 23.9 Å². The number of pyridine rings is 1. The lowest BCUT2D eigenvalue weighted by molar-refractivity contribution is 0.0927. The molecule has 2 amide bonds. The van der Waals surface area contributed by atoms with Gasteiger partial charge in [-0.3, -0.25) is 14.6 Å². The number of hydrogen-bond acceptors (Lipinski definition) is 3. The fourth-order valence-electron chi connectivity index (χ4n) is 3.72. The number of carbonyl (C=O) groups excluding carboxylic acids is 2. The first kappa shape index (κ1) is 16.9. The van der Waals surface area contributed by atoms with Crippen molar-refractivity contribution in [2.45, 2.75) is 76.3 Å². The van der Waals surface area contributed by atoms with E-state index in [9.17, 15) is 9.59 Å². The second kappa shape index (κ2) is 8.27. The maximum Gasteiger partial charge on any atom is 0.253 e. The molecule has 2 saturated carbocycles. The quantitative estimate of drug-likeness (QED) is 0.891. The highest BCUT2D eigenvalue weighted by atomic mass is 16.2. The largest absolute Gasteiger partial charge is 0.349 e. The average Bonchev–Trinajstić information content (AvgIpc) is 2.63. The Bertz CT molecular complexity index is 528. The molecule has 130 valence electrons. The molecule has 2 fully saturated rings. The van der Waals surface area contributed by atoms with Gasteiger partial charge in [-0.25, -0.2) is 0 Å². The maximum absolute atomic E-state index is 12.4. The first-order chi connectivity index (χ1) is 11.7. The molecule has 1 heterocycles. The topological polar surface area (TPSA) is 71.1 Å². The molecule has 3 rings (SSSR count). The van der Waals surface area contributed by atoms with Crippen molar-refractivity contribution in [1.82, 2.24) is 15.6 Å². The van der Waals surface area contributed by atoms with Crippen LogP contribution in [0.1, 0.15) is 84.9 Å². The van der Waals surface area contributed by atoms with E-state index < -0.39 is 0 Å². The van der Waals surface area contributed by atoms with Gasteiger partial charge in [-0.1, -0.05) is 38.5 Å². The Morgan fingerprint density at radius 1 is 0.750 bits per heavy atom. The van der Waals surface area contributed by atoms with Gasteiger partial charge in [-0.15, -0.1) is 0 Å². The molecule has 0 unspecified atom stereocenters. The Balaban J connectivity index is 1.60. The normalized spacial score (nSPS) is 19.7. The van der Waals surface area contributed by atoms with Crippen LogP contribution in [0.15, 0.2) is 18.5 Å². The number of amides is 2. The molecule has 0 spiro atoms. The molecule has 1 aromatic heterocycles. The molecule has 2 aliphatic carbocycles. The summed E-state index contributed by atoms with van der Waals surface area (Å²) in [7, 11) is 0. The second-order valence-electron chi connectivity index (χ2n) is 7.08. The first-order valence-electron chi connectivity index (χ1n) is 9.29. The summed E-state index contributed by atoms with van der Waals surface area (Å²) in [5.74, 6) is -0.247. The molecule has 1 aromatic rings. The lowest BCUT2D eigenvalue weighted by atomic mass is 9.95. The van der Waals surface area contributed by atoms with Crippen LogP contribution in [0.25, 0.3) is 0 Å². The molecule has 24 heavy (non-hydrogen) atoms. The van der Waals surface area contributed by atoms with E-state index in [1.54, 1.807) is 6.07 Å². The number of hydrogen-bond donors (Lipinski definition) is 2. The molecule has 5 heteroatoms. The van der Waals surface area contributed by atoms with E-state index in [4.69, 9.17) is 0 Å². The van der Waals surface area contributed by atoms with Gasteiger partial charge in [-0.2, -0.15) is 0 Å². The van der Waals surface area contributed by atoms with Crippen LogP contribution in [0.3, 0.4) is 0 Å². The van der Waals surface area contributed by atoms with Crippen LogP contribution in [-0.4, -0.2) is 28.9 Å². The van der Waals surface area contributed by atoms with Crippen LogP contribution in [0.2, 0.25) is 0 Å². The lowest BCUT2D eigenvalue weighted by Gasteiger charge is -2.23. The van der Waals surface area contributed by atoms with Gasteiger partial charge in [0.05, 0.1) is 11.1 Å². The van der Waals surface area contributed by atoms with Crippen molar-refractivity contribution in [3.8, 4) is 0 Å². The minimum absolute atomic E-state index is 0.123.